The summed E-state index contributed by atoms with van der Waals surface area (Å²) in [5.74, 6) is 0.192. The van der Waals surface area contributed by atoms with Crippen LogP contribution in [0.15, 0.2) is 82.8 Å². The van der Waals surface area contributed by atoms with E-state index < -0.39 is 16.8 Å². The van der Waals surface area contributed by atoms with Crippen LogP contribution in [-0.2, 0) is 20.8 Å². The molecule has 1 fully saturated rings. The molecule has 3 unspecified atom stereocenters. The molecule has 0 spiro atoms. The maximum Gasteiger partial charge on any atom is 0.338 e. The van der Waals surface area contributed by atoms with Crippen LogP contribution in [0.5, 0.6) is 0 Å². The average molecular weight is 618 g/mol. The van der Waals surface area contributed by atoms with Gasteiger partial charge in [0.15, 0.2) is 11.4 Å². The van der Waals surface area contributed by atoms with Crippen molar-refractivity contribution in [3.63, 3.8) is 0 Å². The van der Waals surface area contributed by atoms with Gasteiger partial charge in [0, 0.05) is 41.9 Å². The third kappa shape index (κ3) is 8.32. The number of benzene rings is 2. The number of ether oxygens (including phenoxy) is 2. The number of esters is 1. The second-order valence-electron chi connectivity index (χ2n) is 14.3. The largest absolute Gasteiger partial charge is 0.458 e. The SMILES string of the molecule is CSc1ccc(C(=O)C2CN(Cc3ccccc3)C[C@@H]2CCC2=CC(C)C(C)(OC(C)(C)C(=O)OC(C)(C)C)C(C)=C2)cc1. The molecule has 6 heteroatoms. The first-order chi connectivity index (χ1) is 20.6. The number of carbonyl (C=O) groups is 2. The number of rotatable bonds is 11. The van der Waals surface area contributed by atoms with Gasteiger partial charge < -0.3 is 9.47 Å². The van der Waals surface area contributed by atoms with Gasteiger partial charge in [0.2, 0.25) is 0 Å². The predicted molar refractivity (Wildman–Crippen MR) is 181 cm³/mol. The van der Waals surface area contributed by atoms with Gasteiger partial charge in [-0.2, -0.15) is 0 Å². The molecule has 44 heavy (non-hydrogen) atoms. The number of ketones is 1. The van der Waals surface area contributed by atoms with Crippen LogP contribution in [0, 0.1) is 17.8 Å². The van der Waals surface area contributed by atoms with Crippen molar-refractivity contribution in [1.29, 1.82) is 0 Å². The molecular formula is C38H51NO4S. The Hall–Kier alpha value is -2.67. The van der Waals surface area contributed by atoms with Gasteiger partial charge in [-0.25, -0.2) is 4.79 Å². The molecule has 1 saturated heterocycles. The van der Waals surface area contributed by atoms with Crippen LogP contribution in [0.1, 0.15) is 84.2 Å². The van der Waals surface area contributed by atoms with Crippen molar-refractivity contribution in [2.24, 2.45) is 17.8 Å². The van der Waals surface area contributed by atoms with Crippen molar-refractivity contribution in [3.05, 3.63) is 89.0 Å². The summed E-state index contributed by atoms with van der Waals surface area (Å²) in [5.41, 5.74) is 2.14. The maximum atomic E-state index is 13.9. The van der Waals surface area contributed by atoms with Gasteiger partial charge in [0.1, 0.15) is 5.60 Å². The van der Waals surface area contributed by atoms with E-state index in [4.69, 9.17) is 9.47 Å². The molecule has 0 saturated carbocycles. The normalized spacial score (nSPS) is 24.5. The summed E-state index contributed by atoms with van der Waals surface area (Å²) < 4.78 is 12.2. The maximum absolute atomic E-state index is 13.9. The zero-order chi connectivity index (χ0) is 32.3. The molecule has 1 aliphatic carbocycles. The topological polar surface area (TPSA) is 55.8 Å². The summed E-state index contributed by atoms with van der Waals surface area (Å²) in [6.45, 7) is 18.1. The molecule has 1 heterocycles. The molecular weight excluding hydrogens is 566 g/mol. The lowest BCUT2D eigenvalue weighted by molar-refractivity contribution is -0.196. The molecule has 238 valence electrons. The first-order valence-electron chi connectivity index (χ1n) is 15.9. The zero-order valence-electron chi connectivity index (χ0n) is 28.1. The van der Waals surface area contributed by atoms with Gasteiger partial charge in [0.05, 0.1) is 5.60 Å². The van der Waals surface area contributed by atoms with Crippen molar-refractivity contribution < 1.29 is 19.1 Å². The lowest BCUT2D eigenvalue weighted by Gasteiger charge is -2.43. The van der Waals surface area contributed by atoms with Crippen LogP contribution in [0.4, 0.5) is 0 Å². The second-order valence-corrected chi connectivity index (χ2v) is 15.1. The lowest BCUT2D eigenvalue weighted by Crippen LogP contribution is -2.50. The second kappa shape index (κ2) is 13.8. The molecule has 4 rings (SSSR count). The molecule has 0 radical (unpaired) electrons. The highest BCUT2D eigenvalue weighted by Crippen LogP contribution is 2.41. The van der Waals surface area contributed by atoms with Crippen molar-refractivity contribution in [1.82, 2.24) is 4.90 Å². The Kier molecular flexibility index (Phi) is 10.7. The monoisotopic (exact) mass is 617 g/mol. The van der Waals surface area contributed by atoms with Crippen LogP contribution >= 0.6 is 11.8 Å². The number of nitrogens with zero attached hydrogens (tertiary/aromatic N) is 1. The van der Waals surface area contributed by atoms with Crippen molar-refractivity contribution in [3.8, 4) is 0 Å². The number of Topliss-reactive ketones (excluding diaryl/α,β-unsaturated/α-hetero) is 1. The molecule has 0 amide bonds. The van der Waals surface area contributed by atoms with E-state index in [9.17, 15) is 9.59 Å². The fourth-order valence-corrected chi connectivity index (χ4v) is 6.86. The van der Waals surface area contributed by atoms with E-state index in [-0.39, 0.29) is 29.5 Å². The Balaban J connectivity index is 1.47. The number of hydrogen-bond acceptors (Lipinski definition) is 6. The third-order valence-corrected chi connectivity index (χ3v) is 9.90. The van der Waals surface area contributed by atoms with Gasteiger partial charge >= 0.3 is 5.97 Å². The van der Waals surface area contributed by atoms with Crippen LogP contribution in [-0.4, -0.2) is 52.8 Å². The lowest BCUT2D eigenvalue weighted by atomic mass is 9.76. The van der Waals surface area contributed by atoms with Gasteiger partial charge in [-0.05, 0) is 96.8 Å². The zero-order valence-corrected chi connectivity index (χ0v) is 28.9. The van der Waals surface area contributed by atoms with E-state index in [0.717, 1.165) is 43.6 Å². The van der Waals surface area contributed by atoms with Gasteiger partial charge in [-0.1, -0.05) is 67.1 Å². The number of thioether (sulfide) groups is 1. The summed E-state index contributed by atoms with van der Waals surface area (Å²) in [4.78, 5) is 30.4. The van der Waals surface area contributed by atoms with E-state index >= 15 is 0 Å². The molecule has 5 nitrogen and oxygen atoms in total. The molecule has 0 N–H and O–H groups in total. The van der Waals surface area contributed by atoms with E-state index in [2.05, 4.69) is 80.5 Å². The van der Waals surface area contributed by atoms with E-state index in [0.29, 0.717) is 0 Å². The number of hydrogen-bond donors (Lipinski definition) is 0. The molecule has 0 aromatic heterocycles. The van der Waals surface area contributed by atoms with E-state index in [1.54, 1.807) is 25.6 Å². The average Bonchev–Trinajstić information content (AvgIpc) is 3.36. The van der Waals surface area contributed by atoms with Gasteiger partial charge in [-0.3, -0.25) is 9.69 Å². The highest BCUT2D eigenvalue weighted by molar-refractivity contribution is 7.98. The Morgan fingerprint density at radius 2 is 1.66 bits per heavy atom. The summed E-state index contributed by atoms with van der Waals surface area (Å²) in [6, 6.07) is 18.6. The fraction of sp³-hybridized carbons (Fsp3) is 0.526. The molecule has 2 aromatic rings. The summed E-state index contributed by atoms with van der Waals surface area (Å²) in [5, 5.41) is 0. The number of carbonyl (C=O) groups excluding carboxylic acids is 2. The number of likely N-dealkylation sites (tertiary alicyclic amines) is 1. The minimum absolute atomic E-state index is 0.0336. The minimum Gasteiger partial charge on any atom is -0.458 e. The van der Waals surface area contributed by atoms with E-state index in [1.165, 1.54) is 16.0 Å². The number of allylic oxidation sites excluding steroid dienone is 2. The van der Waals surface area contributed by atoms with Crippen molar-refractivity contribution in [2.75, 3.05) is 19.3 Å². The van der Waals surface area contributed by atoms with Crippen LogP contribution in [0.3, 0.4) is 0 Å². The Labute approximate surface area is 269 Å². The van der Waals surface area contributed by atoms with Crippen molar-refractivity contribution >= 4 is 23.5 Å². The summed E-state index contributed by atoms with van der Waals surface area (Å²) in [6.07, 6.45) is 8.39. The molecule has 4 atom stereocenters. The fourth-order valence-electron chi connectivity index (χ4n) is 6.45. The van der Waals surface area contributed by atoms with Crippen LogP contribution < -0.4 is 0 Å². The van der Waals surface area contributed by atoms with E-state index in [1.807, 2.05) is 39.0 Å². The molecule has 1 aliphatic heterocycles. The Morgan fingerprint density at radius 1 is 1.00 bits per heavy atom. The van der Waals surface area contributed by atoms with Crippen LogP contribution in [0.2, 0.25) is 0 Å². The standard InChI is InChI=1S/C38H51NO4S/c1-26-21-29(22-27(2)38(26,8)43-37(6,7)35(41)42-36(3,4)5)15-16-31-24-39(23-28-13-11-10-12-14-28)25-33(31)34(40)30-17-19-32(44-9)20-18-30/h10-14,17-22,26,31,33H,15-16,23-25H2,1-9H3/t26?,31-,33?,38?/m0/s1. The smallest absolute Gasteiger partial charge is 0.338 e. The molecule has 2 aromatic carbocycles. The van der Waals surface area contributed by atoms with Gasteiger partial charge in [-0.15, -0.1) is 11.8 Å². The Bertz CT molecular complexity index is 1370. The summed E-state index contributed by atoms with van der Waals surface area (Å²) >= 11 is 1.69. The first kappa shape index (κ1) is 34.2. The predicted octanol–water partition coefficient (Wildman–Crippen LogP) is 8.54. The summed E-state index contributed by atoms with van der Waals surface area (Å²) in [7, 11) is 0. The third-order valence-electron chi connectivity index (χ3n) is 9.16. The first-order valence-corrected chi connectivity index (χ1v) is 17.1. The highest BCUT2D eigenvalue weighted by atomic mass is 32.2. The van der Waals surface area contributed by atoms with Gasteiger partial charge in [0.25, 0.3) is 0 Å². The van der Waals surface area contributed by atoms with Crippen molar-refractivity contribution in [2.45, 2.75) is 96.5 Å². The Morgan fingerprint density at radius 3 is 2.25 bits per heavy atom. The minimum atomic E-state index is -1.09. The molecule has 0 bridgehead atoms. The molecule has 2 aliphatic rings. The quantitative estimate of drug-likeness (QED) is 0.143. The highest BCUT2D eigenvalue weighted by Gasteiger charge is 2.45. The van der Waals surface area contributed by atoms with Crippen LogP contribution in [0.25, 0.3) is 0 Å².